The highest BCUT2D eigenvalue weighted by molar-refractivity contribution is 5.86. The number of ether oxygens (including phenoxy) is 1. The van der Waals surface area contributed by atoms with Crippen LogP contribution in [0.5, 0.6) is 5.75 Å². The molecule has 0 amide bonds. The molecule has 2 aromatic carbocycles. The second-order valence-electron chi connectivity index (χ2n) is 6.56. The Hall–Kier alpha value is -3.61. The Kier molecular flexibility index (Phi) is 4.57. The summed E-state index contributed by atoms with van der Waals surface area (Å²) < 4.78 is 6.88. The number of hydrogen-bond acceptors (Lipinski definition) is 5. The average molecular weight is 377 g/mol. The van der Waals surface area contributed by atoms with Crippen molar-refractivity contribution in [3.05, 3.63) is 64.2 Å². The summed E-state index contributed by atoms with van der Waals surface area (Å²) in [6, 6.07) is 12.8. The number of anilines is 1. The van der Waals surface area contributed by atoms with Crippen LogP contribution in [0.2, 0.25) is 0 Å². The van der Waals surface area contributed by atoms with Gasteiger partial charge in [-0.2, -0.15) is 0 Å². The largest absolute Gasteiger partial charge is 0.497 e. The van der Waals surface area contributed by atoms with Crippen LogP contribution in [0.3, 0.4) is 0 Å². The molecule has 0 bridgehead atoms. The van der Waals surface area contributed by atoms with Crippen LogP contribution in [0.1, 0.15) is 17.8 Å². The van der Waals surface area contributed by atoms with E-state index in [1.54, 1.807) is 29.9 Å². The van der Waals surface area contributed by atoms with Crippen LogP contribution in [0.15, 0.2) is 47.3 Å². The van der Waals surface area contributed by atoms with Crippen LogP contribution in [0.25, 0.3) is 22.6 Å². The minimum absolute atomic E-state index is 0.0806. The highest BCUT2D eigenvalue weighted by Gasteiger charge is 2.21. The number of allylic oxidation sites excluding steroid dienone is 1. The standard InChI is InChI=1S/C21H19N3O4/c1-28-16-5-2-13(3-6-16)10-14-8-9-24-20(14)23-18-11-15(22-12-19(25)26)4-7-17(18)21(24)27/h2-7,10-11,22H,8-9,12H2,1H3,(H,25,26). The molecule has 0 saturated heterocycles. The van der Waals surface area contributed by atoms with Crippen LogP contribution in [-0.2, 0) is 11.3 Å². The van der Waals surface area contributed by atoms with Gasteiger partial charge in [0.1, 0.15) is 18.1 Å². The second kappa shape index (κ2) is 7.19. The molecule has 1 aliphatic rings. The van der Waals surface area contributed by atoms with E-state index in [2.05, 4.69) is 5.32 Å². The van der Waals surface area contributed by atoms with Gasteiger partial charge >= 0.3 is 5.97 Å². The lowest BCUT2D eigenvalue weighted by Gasteiger charge is -2.08. The summed E-state index contributed by atoms with van der Waals surface area (Å²) in [5.74, 6) is 0.492. The summed E-state index contributed by atoms with van der Waals surface area (Å²) in [6.45, 7) is 0.399. The molecule has 0 spiro atoms. The molecule has 28 heavy (non-hydrogen) atoms. The van der Waals surface area contributed by atoms with Gasteiger partial charge < -0.3 is 15.2 Å². The Balaban J connectivity index is 1.74. The number of hydrogen-bond donors (Lipinski definition) is 2. The van der Waals surface area contributed by atoms with Gasteiger partial charge in [-0.1, -0.05) is 12.1 Å². The zero-order valence-electron chi connectivity index (χ0n) is 15.3. The minimum atomic E-state index is -0.952. The molecule has 0 radical (unpaired) electrons. The van der Waals surface area contributed by atoms with Crippen molar-refractivity contribution in [3.8, 4) is 5.75 Å². The molecule has 0 saturated carbocycles. The number of carboxylic acid groups (broad SMARTS) is 1. The second-order valence-corrected chi connectivity index (χ2v) is 6.56. The van der Waals surface area contributed by atoms with Crippen LogP contribution in [-0.4, -0.2) is 34.3 Å². The summed E-state index contributed by atoms with van der Waals surface area (Å²) in [4.78, 5) is 28.3. The van der Waals surface area contributed by atoms with Crippen molar-refractivity contribution in [2.45, 2.75) is 13.0 Å². The normalized spacial score (nSPS) is 14.2. The van der Waals surface area contributed by atoms with Gasteiger partial charge in [0.15, 0.2) is 0 Å². The average Bonchev–Trinajstić information content (AvgIpc) is 3.10. The van der Waals surface area contributed by atoms with Gasteiger partial charge in [0.2, 0.25) is 0 Å². The fourth-order valence-corrected chi connectivity index (χ4v) is 3.34. The monoisotopic (exact) mass is 377 g/mol. The van der Waals surface area contributed by atoms with Crippen molar-refractivity contribution in [1.29, 1.82) is 0 Å². The number of rotatable bonds is 5. The topological polar surface area (TPSA) is 93.4 Å². The Bertz CT molecular complexity index is 1150. The molecule has 2 N–H and O–H groups in total. The summed E-state index contributed by atoms with van der Waals surface area (Å²) in [7, 11) is 1.63. The van der Waals surface area contributed by atoms with Crippen LogP contribution in [0, 0.1) is 0 Å². The van der Waals surface area contributed by atoms with E-state index in [1.807, 2.05) is 30.3 Å². The van der Waals surface area contributed by atoms with Crippen molar-refractivity contribution in [3.63, 3.8) is 0 Å². The minimum Gasteiger partial charge on any atom is -0.497 e. The summed E-state index contributed by atoms with van der Waals surface area (Å²) >= 11 is 0. The van der Waals surface area contributed by atoms with Crippen molar-refractivity contribution >= 4 is 34.2 Å². The fraction of sp³-hybridized carbons (Fsp3) is 0.190. The molecule has 1 aromatic heterocycles. The van der Waals surface area contributed by atoms with E-state index in [4.69, 9.17) is 14.8 Å². The smallest absolute Gasteiger partial charge is 0.322 e. The number of benzene rings is 2. The van der Waals surface area contributed by atoms with Gasteiger partial charge in [-0.15, -0.1) is 0 Å². The molecule has 0 aliphatic carbocycles. The van der Waals surface area contributed by atoms with Crippen molar-refractivity contribution in [1.82, 2.24) is 9.55 Å². The summed E-state index contributed by atoms with van der Waals surface area (Å²) in [5, 5.41) is 12.2. The highest BCUT2D eigenvalue weighted by Crippen LogP contribution is 2.28. The SMILES string of the molecule is COc1ccc(C=C2CCn3c2nc2cc(NCC(=O)O)ccc2c3=O)cc1. The number of aliphatic carboxylic acids is 1. The first-order valence-electron chi connectivity index (χ1n) is 8.90. The van der Waals surface area contributed by atoms with Crippen LogP contribution >= 0.6 is 0 Å². The van der Waals surface area contributed by atoms with Crippen molar-refractivity contribution < 1.29 is 14.6 Å². The highest BCUT2D eigenvalue weighted by atomic mass is 16.5. The Labute approximate surface area is 160 Å². The number of carboxylic acids is 1. The molecule has 0 unspecified atom stereocenters. The maximum atomic E-state index is 12.8. The molecule has 1 aliphatic heterocycles. The van der Waals surface area contributed by atoms with Crippen LogP contribution < -0.4 is 15.6 Å². The van der Waals surface area contributed by atoms with Gasteiger partial charge in [-0.05, 0) is 54.0 Å². The number of nitrogens with one attached hydrogen (secondary N) is 1. The summed E-state index contributed by atoms with van der Waals surface area (Å²) in [5.41, 5.74) is 3.09. The van der Waals surface area contributed by atoms with Crippen molar-refractivity contribution in [2.75, 3.05) is 19.0 Å². The van der Waals surface area contributed by atoms with Gasteiger partial charge in [-0.25, -0.2) is 4.98 Å². The third-order valence-corrected chi connectivity index (χ3v) is 4.75. The van der Waals surface area contributed by atoms with E-state index in [-0.39, 0.29) is 12.1 Å². The Morgan fingerprint density at radius 2 is 2.07 bits per heavy atom. The van der Waals surface area contributed by atoms with E-state index in [1.165, 1.54) is 0 Å². The first-order chi connectivity index (χ1) is 13.5. The van der Waals surface area contributed by atoms with E-state index in [0.29, 0.717) is 29.0 Å². The molecule has 0 fully saturated rings. The molecule has 7 nitrogen and oxygen atoms in total. The maximum Gasteiger partial charge on any atom is 0.322 e. The molecule has 7 heteroatoms. The third kappa shape index (κ3) is 3.34. The zero-order chi connectivity index (χ0) is 19.7. The molecular formula is C21H19N3O4. The molecule has 0 atom stereocenters. The predicted octanol–water partition coefficient (Wildman–Crippen LogP) is 2.85. The number of aromatic nitrogens is 2. The molecule has 142 valence electrons. The lowest BCUT2D eigenvalue weighted by atomic mass is 10.1. The third-order valence-electron chi connectivity index (χ3n) is 4.75. The number of nitrogens with zero attached hydrogens (tertiary/aromatic N) is 2. The molecule has 3 aromatic rings. The first-order valence-corrected chi connectivity index (χ1v) is 8.90. The fourth-order valence-electron chi connectivity index (χ4n) is 3.34. The van der Waals surface area contributed by atoms with E-state index >= 15 is 0 Å². The van der Waals surface area contributed by atoms with Gasteiger partial charge in [0.25, 0.3) is 5.56 Å². The molecule has 4 rings (SSSR count). The summed E-state index contributed by atoms with van der Waals surface area (Å²) in [6.07, 6.45) is 2.76. The van der Waals surface area contributed by atoms with E-state index in [9.17, 15) is 9.59 Å². The number of methoxy groups -OCH3 is 1. The zero-order valence-corrected chi connectivity index (χ0v) is 15.3. The van der Waals surface area contributed by atoms with Crippen LogP contribution in [0.4, 0.5) is 5.69 Å². The number of fused-ring (bicyclic) bond motifs is 2. The molecular weight excluding hydrogens is 358 g/mol. The van der Waals surface area contributed by atoms with E-state index < -0.39 is 5.97 Å². The first kappa shape index (κ1) is 17.8. The molecule has 2 heterocycles. The predicted molar refractivity (Wildman–Crippen MR) is 108 cm³/mol. The van der Waals surface area contributed by atoms with Gasteiger partial charge in [0, 0.05) is 12.2 Å². The lowest BCUT2D eigenvalue weighted by Crippen LogP contribution is -2.21. The maximum absolute atomic E-state index is 12.8. The Morgan fingerprint density at radius 1 is 1.29 bits per heavy atom. The van der Waals surface area contributed by atoms with Crippen molar-refractivity contribution in [2.24, 2.45) is 0 Å². The van der Waals surface area contributed by atoms with E-state index in [0.717, 1.165) is 23.3 Å². The quantitative estimate of drug-likeness (QED) is 0.710. The Morgan fingerprint density at radius 3 is 2.79 bits per heavy atom. The van der Waals surface area contributed by atoms with Gasteiger partial charge in [-0.3, -0.25) is 14.2 Å². The number of carbonyl (C=O) groups is 1. The van der Waals surface area contributed by atoms with Gasteiger partial charge in [0.05, 0.1) is 18.0 Å². The lowest BCUT2D eigenvalue weighted by molar-refractivity contribution is -0.134.